The number of rotatable bonds is 7. The van der Waals surface area contributed by atoms with E-state index in [2.05, 4.69) is 23.7 Å². The van der Waals surface area contributed by atoms with Crippen molar-refractivity contribution in [1.29, 1.82) is 0 Å². The van der Waals surface area contributed by atoms with Gasteiger partial charge in [-0.1, -0.05) is 0 Å². The van der Waals surface area contributed by atoms with E-state index in [0.717, 1.165) is 18.0 Å². The van der Waals surface area contributed by atoms with E-state index >= 15 is 0 Å². The molecule has 0 aromatic carbocycles. The normalized spacial score (nSPS) is 11.4. The molecule has 0 spiro atoms. The lowest BCUT2D eigenvalue weighted by atomic mass is 10.2. The van der Waals surface area contributed by atoms with Gasteiger partial charge >= 0.3 is 5.97 Å². The summed E-state index contributed by atoms with van der Waals surface area (Å²) in [5, 5.41) is 8.62. The van der Waals surface area contributed by atoms with E-state index in [-0.39, 0.29) is 6.42 Å². The van der Waals surface area contributed by atoms with Crippen molar-refractivity contribution < 1.29 is 14.3 Å². The number of aliphatic carboxylic acids is 1. The minimum atomic E-state index is -0.744. The van der Waals surface area contributed by atoms with Crippen molar-refractivity contribution in [3.8, 4) is 0 Å². The molecule has 17 heavy (non-hydrogen) atoms. The zero-order valence-electron chi connectivity index (χ0n) is 10.6. The van der Waals surface area contributed by atoms with E-state index in [0.29, 0.717) is 19.0 Å². The lowest BCUT2D eigenvalue weighted by Crippen LogP contribution is -2.32. The Bertz CT molecular complexity index is 360. The largest absolute Gasteiger partial charge is 0.481 e. The van der Waals surface area contributed by atoms with Gasteiger partial charge in [0.15, 0.2) is 6.39 Å². The number of carboxylic acids is 1. The third-order valence-electron chi connectivity index (χ3n) is 2.76. The van der Waals surface area contributed by atoms with Crippen LogP contribution in [-0.2, 0) is 11.3 Å². The van der Waals surface area contributed by atoms with E-state index in [1.54, 1.807) is 0 Å². The van der Waals surface area contributed by atoms with Crippen LogP contribution in [0.25, 0.3) is 0 Å². The second kappa shape index (κ2) is 6.39. The topological polar surface area (TPSA) is 66.6 Å². The van der Waals surface area contributed by atoms with Crippen LogP contribution in [0.3, 0.4) is 0 Å². The predicted molar refractivity (Wildman–Crippen MR) is 63.7 cm³/mol. The maximum absolute atomic E-state index is 10.5. The van der Waals surface area contributed by atoms with Crippen LogP contribution in [0.4, 0.5) is 0 Å². The number of hydrogen-bond donors (Lipinski definition) is 1. The molecule has 0 amide bonds. The summed E-state index contributed by atoms with van der Waals surface area (Å²) < 4.78 is 5.16. The molecule has 0 radical (unpaired) electrons. The number of carbonyl (C=O) groups is 1. The first-order chi connectivity index (χ1) is 8.00. The number of carboxylic acid groups (broad SMARTS) is 1. The Hall–Kier alpha value is -1.36. The molecule has 1 N–H and O–H groups in total. The number of aryl methyl sites for hydroxylation is 1. The first kappa shape index (κ1) is 13.7. The van der Waals surface area contributed by atoms with Crippen molar-refractivity contribution in [3.63, 3.8) is 0 Å². The zero-order valence-corrected chi connectivity index (χ0v) is 10.6. The molecule has 0 unspecified atom stereocenters. The number of oxazole rings is 1. The molecule has 5 heteroatoms. The summed E-state index contributed by atoms with van der Waals surface area (Å²) >= 11 is 0. The molecule has 96 valence electrons. The molecule has 0 aliphatic carbocycles. The van der Waals surface area contributed by atoms with Crippen molar-refractivity contribution in [1.82, 2.24) is 9.88 Å². The Morgan fingerprint density at radius 3 is 2.76 bits per heavy atom. The third-order valence-corrected chi connectivity index (χ3v) is 2.76. The number of nitrogens with zero attached hydrogens (tertiary/aromatic N) is 2. The monoisotopic (exact) mass is 240 g/mol. The highest BCUT2D eigenvalue weighted by molar-refractivity contribution is 5.66. The van der Waals surface area contributed by atoms with Crippen LogP contribution in [0.15, 0.2) is 10.8 Å². The van der Waals surface area contributed by atoms with Gasteiger partial charge in [0.25, 0.3) is 0 Å². The van der Waals surface area contributed by atoms with Gasteiger partial charge in [0.2, 0.25) is 0 Å². The minimum Gasteiger partial charge on any atom is -0.481 e. The molecule has 0 aliphatic heterocycles. The Kier molecular flexibility index (Phi) is 5.15. The summed E-state index contributed by atoms with van der Waals surface area (Å²) in [6.45, 7) is 7.54. The van der Waals surface area contributed by atoms with Gasteiger partial charge < -0.3 is 9.52 Å². The fourth-order valence-electron chi connectivity index (χ4n) is 1.63. The van der Waals surface area contributed by atoms with Crippen molar-refractivity contribution >= 4 is 5.97 Å². The molecule has 0 saturated heterocycles. The molecular formula is C12H20N2O3. The Morgan fingerprint density at radius 1 is 1.59 bits per heavy atom. The summed E-state index contributed by atoms with van der Waals surface area (Å²) in [6, 6.07) is 0.361. The van der Waals surface area contributed by atoms with E-state index in [4.69, 9.17) is 9.52 Å². The summed E-state index contributed by atoms with van der Waals surface area (Å²) in [7, 11) is 0. The fourth-order valence-corrected chi connectivity index (χ4v) is 1.63. The van der Waals surface area contributed by atoms with Gasteiger partial charge in [0.1, 0.15) is 5.76 Å². The molecule has 1 rings (SSSR count). The summed E-state index contributed by atoms with van der Waals surface area (Å²) in [4.78, 5) is 16.8. The standard InChI is InChI=1S/C12H20N2O3/c1-9(2)14(6-4-5-12(15)16)7-11-10(3)17-8-13-11/h8-9H,4-7H2,1-3H3,(H,15,16). The first-order valence-corrected chi connectivity index (χ1v) is 5.85. The third kappa shape index (κ3) is 4.56. The van der Waals surface area contributed by atoms with Gasteiger partial charge in [-0.15, -0.1) is 0 Å². The Morgan fingerprint density at radius 2 is 2.29 bits per heavy atom. The number of aromatic nitrogens is 1. The van der Waals surface area contributed by atoms with Gasteiger partial charge in [-0.3, -0.25) is 9.69 Å². The average molecular weight is 240 g/mol. The summed E-state index contributed by atoms with van der Waals surface area (Å²) in [5.74, 6) is 0.0835. The molecule has 0 atom stereocenters. The maximum atomic E-state index is 10.5. The zero-order chi connectivity index (χ0) is 12.8. The predicted octanol–water partition coefficient (Wildman–Crippen LogP) is 2.06. The molecule has 1 heterocycles. The van der Waals surface area contributed by atoms with E-state index in [1.807, 2.05) is 6.92 Å². The maximum Gasteiger partial charge on any atom is 0.303 e. The van der Waals surface area contributed by atoms with Crippen LogP contribution in [-0.4, -0.2) is 33.5 Å². The first-order valence-electron chi connectivity index (χ1n) is 5.85. The van der Waals surface area contributed by atoms with Crippen LogP contribution in [0.1, 0.15) is 38.1 Å². The van der Waals surface area contributed by atoms with Crippen LogP contribution in [0, 0.1) is 6.92 Å². The van der Waals surface area contributed by atoms with E-state index in [9.17, 15) is 4.79 Å². The molecule has 1 aromatic heterocycles. The van der Waals surface area contributed by atoms with Crippen molar-refractivity contribution in [2.24, 2.45) is 0 Å². The summed E-state index contributed by atoms with van der Waals surface area (Å²) in [6.07, 6.45) is 2.31. The van der Waals surface area contributed by atoms with Crippen LogP contribution >= 0.6 is 0 Å². The Balaban J connectivity index is 2.49. The molecule has 5 nitrogen and oxygen atoms in total. The molecule has 0 fully saturated rings. The van der Waals surface area contributed by atoms with Gasteiger partial charge in [-0.05, 0) is 33.7 Å². The summed E-state index contributed by atoms with van der Waals surface area (Å²) in [5.41, 5.74) is 0.925. The van der Waals surface area contributed by atoms with Crippen molar-refractivity contribution in [3.05, 3.63) is 17.8 Å². The molecule has 0 bridgehead atoms. The molecular weight excluding hydrogens is 220 g/mol. The van der Waals surface area contributed by atoms with Crippen LogP contribution in [0.5, 0.6) is 0 Å². The van der Waals surface area contributed by atoms with Gasteiger partial charge in [0, 0.05) is 19.0 Å². The quantitative estimate of drug-likeness (QED) is 0.790. The highest BCUT2D eigenvalue weighted by Crippen LogP contribution is 2.11. The van der Waals surface area contributed by atoms with E-state index in [1.165, 1.54) is 6.39 Å². The average Bonchev–Trinajstić information content (AvgIpc) is 2.62. The fraction of sp³-hybridized carbons (Fsp3) is 0.667. The molecule has 1 aromatic rings. The van der Waals surface area contributed by atoms with Crippen LogP contribution in [0.2, 0.25) is 0 Å². The minimum absolute atomic E-state index is 0.209. The van der Waals surface area contributed by atoms with E-state index < -0.39 is 5.97 Å². The van der Waals surface area contributed by atoms with Crippen LogP contribution < -0.4 is 0 Å². The Labute approximate surface area is 101 Å². The SMILES string of the molecule is Cc1ocnc1CN(CCCC(=O)O)C(C)C. The second-order valence-electron chi connectivity index (χ2n) is 4.42. The van der Waals surface area contributed by atoms with Crippen molar-refractivity contribution in [2.75, 3.05) is 6.54 Å². The second-order valence-corrected chi connectivity index (χ2v) is 4.42. The number of hydrogen-bond acceptors (Lipinski definition) is 4. The smallest absolute Gasteiger partial charge is 0.303 e. The lowest BCUT2D eigenvalue weighted by molar-refractivity contribution is -0.137. The molecule has 0 saturated carbocycles. The highest BCUT2D eigenvalue weighted by Gasteiger charge is 2.14. The van der Waals surface area contributed by atoms with Gasteiger partial charge in [0.05, 0.1) is 5.69 Å². The lowest BCUT2D eigenvalue weighted by Gasteiger charge is -2.25. The molecule has 0 aliphatic rings. The van der Waals surface area contributed by atoms with Gasteiger partial charge in [-0.25, -0.2) is 4.98 Å². The van der Waals surface area contributed by atoms with Gasteiger partial charge in [-0.2, -0.15) is 0 Å². The van der Waals surface area contributed by atoms with Crippen molar-refractivity contribution in [2.45, 2.75) is 46.2 Å². The highest BCUT2D eigenvalue weighted by atomic mass is 16.4.